The van der Waals surface area contributed by atoms with Crippen molar-refractivity contribution in [2.24, 2.45) is 0 Å². The third kappa shape index (κ3) is 6.12. The molecule has 3 rings (SSSR count). The number of nitrogens with zero attached hydrogens (tertiary/aromatic N) is 2. The molecular formula is C22H26ClN3O3. The van der Waals surface area contributed by atoms with Crippen LogP contribution in [0, 0.1) is 0 Å². The van der Waals surface area contributed by atoms with Crippen LogP contribution in [0.3, 0.4) is 0 Å². The van der Waals surface area contributed by atoms with Crippen molar-refractivity contribution in [3.05, 3.63) is 59.1 Å². The van der Waals surface area contributed by atoms with Crippen LogP contribution in [-0.4, -0.2) is 54.5 Å². The summed E-state index contributed by atoms with van der Waals surface area (Å²) in [5.41, 5.74) is 1.62. The fourth-order valence-electron chi connectivity index (χ4n) is 3.30. The summed E-state index contributed by atoms with van der Waals surface area (Å²) in [6.45, 7) is 4.85. The molecule has 1 N–H and O–H groups in total. The maximum absolute atomic E-state index is 12.7. The van der Waals surface area contributed by atoms with Crippen LogP contribution in [0.15, 0.2) is 48.5 Å². The van der Waals surface area contributed by atoms with Crippen LogP contribution in [0.4, 0.5) is 10.5 Å². The Kier molecular flexibility index (Phi) is 7.36. The van der Waals surface area contributed by atoms with Crippen molar-refractivity contribution < 1.29 is 14.3 Å². The zero-order valence-electron chi connectivity index (χ0n) is 16.6. The van der Waals surface area contributed by atoms with Gasteiger partial charge in [0.15, 0.2) is 0 Å². The van der Waals surface area contributed by atoms with Crippen LogP contribution in [0.1, 0.15) is 18.9 Å². The summed E-state index contributed by atoms with van der Waals surface area (Å²) in [6, 6.07) is 14.5. The minimum Gasteiger partial charge on any atom is -0.494 e. The van der Waals surface area contributed by atoms with Gasteiger partial charge in [0.2, 0.25) is 5.91 Å². The van der Waals surface area contributed by atoms with Gasteiger partial charge in [0.1, 0.15) is 5.75 Å². The Bertz CT molecular complexity index is 841. The van der Waals surface area contributed by atoms with Crippen LogP contribution in [0.5, 0.6) is 5.75 Å². The van der Waals surface area contributed by atoms with E-state index in [0.29, 0.717) is 49.9 Å². The highest BCUT2D eigenvalue weighted by Crippen LogP contribution is 2.17. The summed E-state index contributed by atoms with van der Waals surface area (Å²) in [4.78, 5) is 28.8. The summed E-state index contributed by atoms with van der Waals surface area (Å²) in [5.74, 6) is 0.881. The number of carbonyl (C=O) groups excluding carboxylic acids is 2. The van der Waals surface area contributed by atoms with Gasteiger partial charge in [-0.15, -0.1) is 0 Å². The van der Waals surface area contributed by atoms with Gasteiger partial charge < -0.3 is 19.9 Å². The Balaban J connectivity index is 1.52. The molecule has 1 saturated heterocycles. The molecule has 2 aromatic carbocycles. The molecule has 0 saturated carbocycles. The van der Waals surface area contributed by atoms with E-state index in [1.165, 1.54) is 0 Å². The molecule has 0 aromatic heterocycles. The number of hydrogen-bond donors (Lipinski definition) is 1. The highest BCUT2D eigenvalue weighted by atomic mass is 35.5. The van der Waals surface area contributed by atoms with E-state index in [4.69, 9.17) is 16.3 Å². The standard InChI is InChI=1S/C22H26ClN3O3/c1-2-29-20-9-7-17(8-10-20)15-21(27)25-11-4-12-26(14-13-25)22(28)24-19-6-3-5-18(23)16-19/h3,5-10,16H,2,4,11-15H2,1H3,(H,24,28). The molecule has 2 aromatic rings. The quantitative estimate of drug-likeness (QED) is 0.801. The van der Waals surface area contributed by atoms with Crippen LogP contribution in [0.25, 0.3) is 0 Å². The van der Waals surface area contributed by atoms with Gasteiger partial charge in [0.05, 0.1) is 13.0 Å². The number of nitrogens with one attached hydrogen (secondary N) is 1. The van der Waals surface area contributed by atoms with Crippen molar-refractivity contribution in [2.45, 2.75) is 19.8 Å². The minimum atomic E-state index is -0.173. The topological polar surface area (TPSA) is 61.9 Å². The molecule has 0 bridgehead atoms. The van der Waals surface area contributed by atoms with Gasteiger partial charge in [-0.1, -0.05) is 29.8 Å². The van der Waals surface area contributed by atoms with Crippen LogP contribution < -0.4 is 10.1 Å². The second-order valence-electron chi connectivity index (χ2n) is 6.92. The average Bonchev–Trinajstić information content (AvgIpc) is 2.96. The van der Waals surface area contributed by atoms with Crippen molar-refractivity contribution in [1.29, 1.82) is 0 Å². The molecule has 7 heteroatoms. The molecule has 1 aliphatic rings. The number of halogens is 1. The third-order valence-corrected chi connectivity index (χ3v) is 5.04. The lowest BCUT2D eigenvalue weighted by atomic mass is 10.1. The Labute approximate surface area is 176 Å². The van der Waals surface area contributed by atoms with E-state index < -0.39 is 0 Å². The van der Waals surface area contributed by atoms with E-state index in [1.807, 2.05) is 36.1 Å². The lowest BCUT2D eigenvalue weighted by molar-refractivity contribution is -0.130. The first-order valence-electron chi connectivity index (χ1n) is 9.86. The fraction of sp³-hybridized carbons (Fsp3) is 0.364. The smallest absolute Gasteiger partial charge is 0.321 e. The average molecular weight is 416 g/mol. The lowest BCUT2D eigenvalue weighted by Crippen LogP contribution is -2.39. The monoisotopic (exact) mass is 415 g/mol. The molecule has 1 aliphatic heterocycles. The molecule has 0 spiro atoms. The van der Waals surface area contributed by atoms with Gasteiger partial charge in [-0.05, 0) is 49.2 Å². The van der Waals surface area contributed by atoms with Gasteiger partial charge in [-0.2, -0.15) is 0 Å². The summed E-state index contributed by atoms with van der Waals surface area (Å²) < 4.78 is 5.44. The van der Waals surface area contributed by atoms with Crippen molar-refractivity contribution >= 4 is 29.2 Å². The predicted molar refractivity (Wildman–Crippen MR) is 115 cm³/mol. The highest BCUT2D eigenvalue weighted by Gasteiger charge is 2.22. The Morgan fingerprint density at radius 1 is 1.03 bits per heavy atom. The number of rotatable bonds is 5. The van der Waals surface area contributed by atoms with Crippen LogP contribution >= 0.6 is 11.6 Å². The summed E-state index contributed by atoms with van der Waals surface area (Å²) in [5, 5.41) is 3.44. The Hall–Kier alpha value is -2.73. The van der Waals surface area contributed by atoms with E-state index in [9.17, 15) is 9.59 Å². The zero-order valence-corrected chi connectivity index (χ0v) is 17.3. The molecule has 29 heavy (non-hydrogen) atoms. The number of ether oxygens (including phenoxy) is 1. The Morgan fingerprint density at radius 3 is 2.48 bits per heavy atom. The second kappa shape index (κ2) is 10.2. The zero-order chi connectivity index (χ0) is 20.6. The van der Waals surface area contributed by atoms with Gasteiger partial charge in [-0.25, -0.2) is 4.79 Å². The summed E-state index contributed by atoms with van der Waals surface area (Å²) in [7, 11) is 0. The molecule has 1 heterocycles. The molecule has 0 aliphatic carbocycles. The van der Waals surface area contributed by atoms with Crippen molar-refractivity contribution in [3.63, 3.8) is 0 Å². The van der Waals surface area contributed by atoms with Gasteiger partial charge in [0, 0.05) is 36.9 Å². The molecule has 0 radical (unpaired) electrons. The number of anilines is 1. The summed E-state index contributed by atoms with van der Waals surface area (Å²) in [6.07, 6.45) is 1.10. The molecule has 3 amide bonds. The number of carbonyl (C=O) groups is 2. The van der Waals surface area contributed by atoms with Crippen molar-refractivity contribution in [3.8, 4) is 5.75 Å². The van der Waals surface area contributed by atoms with Crippen molar-refractivity contribution in [1.82, 2.24) is 9.80 Å². The first-order chi connectivity index (χ1) is 14.0. The number of amides is 3. The SMILES string of the molecule is CCOc1ccc(CC(=O)N2CCCN(C(=O)Nc3cccc(Cl)c3)CC2)cc1. The first-order valence-corrected chi connectivity index (χ1v) is 10.2. The van der Waals surface area contributed by atoms with Crippen molar-refractivity contribution in [2.75, 3.05) is 38.1 Å². The van der Waals surface area contributed by atoms with E-state index >= 15 is 0 Å². The first kappa shape index (κ1) is 21.0. The van der Waals surface area contributed by atoms with E-state index in [0.717, 1.165) is 17.7 Å². The second-order valence-corrected chi connectivity index (χ2v) is 7.35. The molecule has 6 nitrogen and oxygen atoms in total. The molecule has 0 unspecified atom stereocenters. The minimum absolute atomic E-state index is 0.0752. The van der Waals surface area contributed by atoms with Gasteiger partial charge >= 0.3 is 6.03 Å². The number of hydrogen-bond acceptors (Lipinski definition) is 3. The highest BCUT2D eigenvalue weighted by molar-refractivity contribution is 6.30. The number of benzene rings is 2. The normalized spacial score (nSPS) is 14.3. The molecule has 0 atom stereocenters. The largest absolute Gasteiger partial charge is 0.494 e. The van der Waals surface area contributed by atoms with Gasteiger partial charge in [0.25, 0.3) is 0 Å². The predicted octanol–water partition coefficient (Wildman–Crippen LogP) is 4.05. The van der Waals surface area contributed by atoms with E-state index in [2.05, 4.69) is 5.32 Å². The Morgan fingerprint density at radius 2 is 1.76 bits per heavy atom. The molecule has 1 fully saturated rings. The molecule has 154 valence electrons. The molecular weight excluding hydrogens is 390 g/mol. The van der Waals surface area contributed by atoms with E-state index in [-0.39, 0.29) is 11.9 Å². The summed E-state index contributed by atoms with van der Waals surface area (Å²) >= 11 is 5.97. The maximum atomic E-state index is 12.7. The van der Waals surface area contributed by atoms with Gasteiger partial charge in [-0.3, -0.25) is 4.79 Å². The number of urea groups is 1. The van der Waals surface area contributed by atoms with Crippen LogP contribution in [-0.2, 0) is 11.2 Å². The van der Waals surface area contributed by atoms with Crippen LogP contribution in [0.2, 0.25) is 5.02 Å². The maximum Gasteiger partial charge on any atom is 0.321 e. The fourth-order valence-corrected chi connectivity index (χ4v) is 3.49. The third-order valence-electron chi connectivity index (χ3n) is 4.80. The van der Waals surface area contributed by atoms with E-state index in [1.54, 1.807) is 29.2 Å². The lowest BCUT2D eigenvalue weighted by Gasteiger charge is -2.22.